The molecule has 0 unspecified atom stereocenters. The second-order valence-electron chi connectivity index (χ2n) is 10.1. The van der Waals surface area contributed by atoms with Crippen LogP contribution in [0.3, 0.4) is 0 Å². The van der Waals surface area contributed by atoms with Crippen LogP contribution in [0.1, 0.15) is 55.2 Å². The molecule has 1 saturated heterocycles. The molecule has 1 saturated carbocycles. The second-order valence-corrected chi connectivity index (χ2v) is 10.1. The molecule has 4 aromatic rings. The van der Waals surface area contributed by atoms with Gasteiger partial charge in [0.25, 0.3) is 0 Å². The van der Waals surface area contributed by atoms with Crippen LogP contribution in [0.25, 0.3) is 27.5 Å². The van der Waals surface area contributed by atoms with Crippen molar-refractivity contribution in [2.75, 3.05) is 27.4 Å². The number of fused-ring (bicyclic) bond motifs is 2. The number of hydrogen-bond donors (Lipinski definition) is 2. The van der Waals surface area contributed by atoms with Gasteiger partial charge < -0.3 is 23.9 Å². The van der Waals surface area contributed by atoms with Crippen LogP contribution in [-0.4, -0.2) is 58.9 Å². The lowest BCUT2D eigenvalue weighted by molar-refractivity contribution is -0.161. The van der Waals surface area contributed by atoms with Crippen LogP contribution in [0.15, 0.2) is 36.5 Å². The van der Waals surface area contributed by atoms with Gasteiger partial charge >= 0.3 is 5.97 Å². The first-order chi connectivity index (χ1) is 18.0. The van der Waals surface area contributed by atoms with Crippen LogP contribution in [0.4, 0.5) is 4.39 Å². The van der Waals surface area contributed by atoms with Crippen molar-refractivity contribution in [2.24, 2.45) is 0 Å². The fourth-order valence-electron chi connectivity index (χ4n) is 6.36. The molecule has 194 valence electrons. The number of hydrogen-bond acceptors (Lipinski definition) is 5. The Morgan fingerprint density at radius 3 is 2.70 bits per heavy atom. The highest BCUT2D eigenvalue weighted by atomic mass is 19.1. The first-order valence-corrected chi connectivity index (χ1v) is 12.7. The van der Waals surface area contributed by atoms with E-state index in [4.69, 9.17) is 14.2 Å². The van der Waals surface area contributed by atoms with Crippen molar-refractivity contribution >= 4 is 27.8 Å². The summed E-state index contributed by atoms with van der Waals surface area (Å²) in [6.07, 6.45) is 5.02. The van der Waals surface area contributed by atoms with Crippen LogP contribution in [0.5, 0.6) is 5.75 Å². The van der Waals surface area contributed by atoms with Gasteiger partial charge in [-0.1, -0.05) is 0 Å². The molecule has 3 heterocycles. The fourth-order valence-corrected chi connectivity index (χ4v) is 6.36. The molecule has 2 N–H and O–H groups in total. The number of halogens is 1. The maximum absolute atomic E-state index is 14.4. The van der Waals surface area contributed by atoms with Gasteiger partial charge in [0.15, 0.2) is 17.2 Å². The van der Waals surface area contributed by atoms with Gasteiger partial charge in [-0.25, -0.2) is 9.18 Å². The zero-order chi connectivity index (χ0) is 25.7. The molecule has 0 bridgehead atoms. The molecule has 2 fully saturated rings. The predicted molar refractivity (Wildman–Crippen MR) is 136 cm³/mol. The van der Waals surface area contributed by atoms with E-state index in [9.17, 15) is 14.3 Å². The van der Waals surface area contributed by atoms with Gasteiger partial charge in [-0.05, 0) is 67.9 Å². The number of ether oxygens (including phenoxy) is 3. The minimum Gasteiger partial charge on any atom is -0.494 e. The van der Waals surface area contributed by atoms with Crippen LogP contribution in [0, 0.1) is 5.82 Å². The first-order valence-electron chi connectivity index (χ1n) is 12.7. The monoisotopic (exact) mass is 507 g/mol. The largest absolute Gasteiger partial charge is 0.494 e. The highest BCUT2D eigenvalue weighted by Crippen LogP contribution is 2.50. The third-order valence-electron chi connectivity index (χ3n) is 8.27. The summed E-state index contributed by atoms with van der Waals surface area (Å²) in [6.45, 7) is 1.32. The molecule has 0 radical (unpaired) electrons. The van der Waals surface area contributed by atoms with Crippen LogP contribution in [-0.2, 0) is 14.3 Å². The number of nitrogens with zero attached hydrogens (tertiary/aromatic N) is 2. The number of aliphatic carboxylic acids is 1. The number of carboxylic acids is 1. The fraction of sp³-hybridized carbons (Fsp3) is 0.429. The summed E-state index contributed by atoms with van der Waals surface area (Å²) in [7, 11) is 2.95. The molecule has 0 spiro atoms. The van der Waals surface area contributed by atoms with Gasteiger partial charge in [0.1, 0.15) is 0 Å². The molecule has 2 aromatic carbocycles. The summed E-state index contributed by atoms with van der Waals surface area (Å²) in [5, 5.41) is 19.3. The van der Waals surface area contributed by atoms with Crippen molar-refractivity contribution in [1.29, 1.82) is 0 Å². The number of nitrogens with one attached hydrogen (secondary N) is 1. The maximum atomic E-state index is 14.4. The number of aromatic amines is 1. The van der Waals surface area contributed by atoms with E-state index in [0.29, 0.717) is 32.5 Å². The lowest BCUT2D eigenvalue weighted by Crippen LogP contribution is -2.37. The molecule has 8 nitrogen and oxygen atoms in total. The van der Waals surface area contributed by atoms with Gasteiger partial charge in [-0.15, -0.1) is 0 Å². The van der Waals surface area contributed by atoms with Gasteiger partial charge in [-0.2, -0.15) is 5.10 Å². The normalized spacial score (nSPS) is 22.7. The van der Waals surface area contributed by atoms with E-state index in [-0.39, 0.29) is 17.6 Å². The number of aromatic nitrogens is 3. The SMILES string of the molecule is COc1cc(-n2c(C3CCOCC3)c([C@@H]3CC[C@@](OC)(C(=O)O)C3)c3cc4[nH]ncc4cc32)ccc1F. The molecule has 2 aromatic heterocycles. The molecule has 37 heavy (non-hydrogen) atoms. The number of H-pyrrole nitrogens is 1. The molecule has 6 rings (SSSR count). The minimum absolute atomic E-state index is 0.0136. The zero-order valence-corrected chi connectivity index (χ0v) is 20.9. The lowest BCUT2D eigenvalue weighted by Gasteiger charge is -2.28. The Bertz CT molecular complexity index is 1490. The van der Waals surface area contributed by atoms with Crippen molar-refractivity contribution in [2.45, 2.75) is 49.5 Å². The smallest absolute Gasteiger partial charge is 0.335 e. The zero-order valence-electron chi connectivity index (χ0n) is 20.9. The van der Waals surface area contributed by atoms with E-state index < -0.39 is 17.4 Å². The van der Waals surface area contributed by atoms with Gasteiger partial charge in [0.05, 0.1) is 24.3 Å². The van der Waals surface area contributed by atoms with Crippen molar-refractivity contribution in [3.8, 4) is 11.4 Å². The predicted octanol–water partition coefficient (Wildman–Crippen LogP) is 5.29. The Morgan fingerprint density at radius 2 is 2.00 bits per heavy atom. The van der Waals surface area contributed by atoms with Crippen LogP contribution < -0.4 is 4.74 Å². The van der Waals surface area contributed by atoms with Crippen LogP contribution >= 0.6 is 0 Å². The van der Waals surface area contributed by atoms with E-state index in [2.05, 4.69) is 26.9 Å². The summed E-state index contributed by atoms with van der Waals surface area (Å²) < 4.78 is 33.3. The summed E-state index contributed by atoms with van der Waals surface area (Å²) in [6, 6.07) is 9.15. The Morgan fingerprint density at radius 1 is 1.19 bits per heavy atom. The highest BCUT2D eigenvalue weighted by Gasteiger charge is 2.48. The van der Waals surface area contributed by atoms with E-state index in [0.717, 1.165) is 51.6 Å². The number of carbonyl (C=O) groups is 1. The molecule has 2 aliphatic rings. The van der Waals surface area contributed by atoms with E-state index >= 15 is 0 Å². The number of benzene rings is 2. The molecule has 1 aliphatic heterocycles. The van der Waals surface area contributed by atoms with E-state index in [1.54, 1.807) is 18.3 Å². The van der Waals surface area contributed by atoms with Crippen molar-refractivity contribution in [3.05, 3.63) is 53.6 Å². The topological polar surface area (TPSA) is 98.6 Å². The highest BCUT2D eigenvalue weighted by molar-refractivity contribution is 5.99. The Labute approximate surface area is 213 Å². The second kappa shape index (κ2) is 9.15. The molecular weight excluding hydrogens is 477 g/mol. The average molecular weight is 508 g/mol. The quantitative estimate of drug-likeness (QED) is 0.368. The molecule has 1 aliphatic carbocycles. The minimum atomic E-state index is -1.21. The number of carboxylic acid groups (broad SMARTS) is 1. The average Bonchev–Trinajstić information content (AvgIpc) is 3.64. The van der Waals surface area contributed by atoms with E-state index in [1.807, 2.05) is 0 Å². The van der Waals surface area contributed by atoms with Crippen LogP contribution in [0.2, 0.25) is 0 Å². The Balaban J connectivity index is 1.66. The van der Waals surface area contributed by atoms with Gasteiger partial charge in [0.2, 0.25) is 0 Å². The number of rotatable bonds is 6. The number of methoxy groups -OCH3 is 2. The molecule has 0 amide bonds. The van der Waals surface area contributed by atoms with Crippen molar-refractivity contribution in [1.82, 2.24) is 14.8 Å². The third-order valence-corrected chi connectivity index (χ3v) is 8.27. The lowest BCUT2D eigenvalue weighted by atomic mass is 9.85. The summed E-state index contributed by atoms with van der Waals surface area (Å²) in [5.41, 5.74) is 3.76. The van der Waals surface area contributed by atoms with E-state index in [1.165, 1.54) is 20.3 Å². The standard InChI is InChI=1S/C28H30FN3O5/c1-35-24-12-19(3-4-21(24)29)32-23-11-18-15-30-31-22(18)13-20(23)25(26(32)16-6-9-37-10-7-16)17-5-8-28(14-17,36-2)27(33)34/h3-4,11-13,15-17H,5-10,14H2,1-2H3,(H,30,31)(H,33,34)/t17-,28+/m1/s1. The van der Waals surface area contributed by atoms with Gasteiger partial charge in [0, 0.05) is 54.5 Å². The summed E-state index contributed by atoms with van der Waals surface area (Å²) in [4.78, 5) is 12.2. The molecular formula is C28H30FN3O5. The maximum Gasteiger partial charge on any atom is 0.335 e. The van der Waals surface area contributed by atoms with Crippen molar-refractivity contribution in [3.63, 3.8) is 0 Å². The first kappa shape index (κ1) is 23.9. The Kier molecular flexibility index (Phi) is 5.92. The molecule has 2 atom stereocenters. The van der Waals surface area contributed by atoms with Gasteiger partial charge in [-0.3, -0.25) is 5.10 Å². The Hall–Kier alpha value is -3.43. The third kappa shape index (κ3) is 3.79. The van der Waals surface area contributed by atoms with Crippen molar-refractivity contribution < 1.29 is 28.5 Å². The summed E-state index contributed by atoms with van der Waals surface area (Å²) in [5.74, 6) is -0.984. The molecule has 9 heteroatoms. The summed E-state index contributed by atoms with van der Waals surface area (Å²) >= 11 is 0.